The number of thiophene rings is 1. The van der Waals surface area contributed by atoms with E-state index in [2.05, 4.69) is 4.98 Å². The van der Waals surface area contributed by atoms with Crippen LogP contribution >= 0.6 is 23.1 Å². The third-order valence-corrected chi connectivity index (χ3v) is 5.76. The van der Waals surface area contributed by atoms with Crippen molar-refractivity contribution in [1.29, 1.82) is 0 Å². The molecule has 0 fully saturated rings. The van der Waals surface area contributed by atoms with Gasteiger partial charge >= 0.3 is 5.97 Å². The molecule has 0 unspecified atom stereocenters. The van der Waals surface area contributed by atoms with E-state index in [0.717, 1.165) is 32.3 Å². The van der Waals surface area contributed by atoms with E-state index < -0.39 is 5.97 Å². The fourth-order valence-corrected chi connectivity index (χ4v) is 4.40. The lowest BCUT2D eigenvalue weighted by Gasteiger charge is -2.03. The van der Waals surface area contributed by atoms with Gasteiger partial charge in [-0.3, -0.25) is 4.79 Å². The molecule has 0 spiro atoms. The molecule has 0 atom stereocenters. The lowest BCUT2D eigenvalue weighted by atomic mass is 10.1. The molecule has 116 valence electrons. The van der Waals surface area contributed by atoms with Crippen molar-refractivity contribution in [2.45, 2.75) is 11.9 Å². The second kappa shape index (κ2) is 6.52. The number of hydrogen-bond donors (Lipinski definition) is 1. The first kappa shape index (κ1) is 15.7. The van der Waals surface area contributed by atoms with Gasteiger partial charge in [0, 0.05) is 10.9 Å². The largest absolute Gasteiger partial charge is 0.478 e. The number of rotatable bonds is 5. The predicted molar refractivity (Wildman–Crippen MR) is 92.8 cm³/mol. The number of aryl methyl sites for hydroxylation is 1. The predicted octanol–water partition coefficient (Wildman–Crippen LogP) is 4.28. The normalized spacial score (nSPS) is 10.8. The Kier molecular flexibility index (Phi) is 4.45. The summed E-state index contributed by atoms with van der Waals surface area (Å²) < 4.78 is 1.09. The van der Waals surface area contributed by atoms with Gasteiger partial charge in [0.05, 0.1) is 16.2 Å². The third kappa shape index (κ3) is 3.13. The average molecular weight is 343 g/mol. The third-order valence-electron chi connectivity index (χ3n) is 3.44. The molecule has 0 aliphatic rings. The van der Waals surface area contributed by atoms with Crippen LogP contribution in [0.25, 0.3) is 10.1 Å². The van der Waals surface area contributed by atoms with Gasteiger partial charge in [0.15, 0.2) is 5.78 Å². The molecule has 4 nitrogen and oxygen atoms in total. The number of Topliss-reactive ketones (excluding diaryl/α,β-unsaturated/α-hetero) is 1. The number of carbonyl (C=O) groups is 2. The molecular formula is C17H13NO3S2. The summed E-state index contributed by atoms with van der Waals surface area (Å²) in [5.74, 6) is -0.868. The van der Waals surface area contributed by atoms with Crippen LogP contribution in [0.4, 0.5) is 0 Å². The molecule has 23 heavy (non-hydrogen) atoms. The van der Waals surface area contributed by atoms with E-state index in [1.165, 1.54) is 23.6 Å². The molecule has 0 saturated heterocycles. The Morgan fingerprint density at radius 1 is 1.22 bits per heavy atom. The van der Waals surface area contributed by atoms with E-state index in [9.17, 15) is 9.59 Å². The Balaban J connectivity index is 1.82. The number of benzene rings is 1. The van der Waals surface area contributed by atoms with E-state index in [1.807, 2.05) is 31.2 Å². The maximum absolute atomic E-state index is 12.5. The number of nitrogens with zero attached hydrogens (tertiary/aromatic N) is 1. The smallest absolute Gasteiger partial charge is 0.338 e. The number of hydrogen-bond acceptors (Lipinski definition) is 5. The summed E-state index contributed by atoms with van der Waals surface area (Å²) in [6.07, 6.45) is 1.53. The highest BCUT2D eigenvalue weighted by molar-refractivity contribution is 8.00. The molecule has 0 radical (unpaired) electrons. The number of aromatic nitrogens is 1. The number of carboxylic acid groups (broad SMARTS) is 1. The molecule has 1 aromatic carbocycles. The Morgan fingerprint density at radius 2 is 2.00 bits per heavy atom. The minimum absolute atomic E-state index is 0.00399. The van der Waals surface area contributed by atoms with Crippen LogP contribution in [-0.2, 0) is 0 Å². The molecule has 3 rings (SSSR count). The van der Waals surface area contributed by atoms with Gasteiger partial charge in [0.25, 0.3) is 0 Å². The Morgan fingerprint density at radius 3 is 2.74 bits per heavy atom. The zero-order valence-corrected chi connectivity index (χ0v) is 13.9. The summed E-state index contributed by atoms with van der Waals surface area (Å²) in [6.45, 7) is 1.94. The number of ketones is 1. The van der Waals surface area contributed by atoms with Gasteiger partial charge in [0.2, 0.25) is 0 Å². The summed E-state index contributed by atoms with van der Waals surface area (Å²) in [4.78, 5) is 28.5. The summed E-state index contributed by atoms with van der Waals surface area (Å²) >= 11 is 2.64. The molecule has 2 heterocycles. The number of carboxylic acids is 1. The quantitative estimate of drug-likeness (QED) is 0.553. The molecule has 1 N–H and O–H groups in total. The molecule has 0 aliphatic carbocycles. The highest BCUT2D eigenvalue weighted by Crippen LogP contribution is 2.32. The number of pyridine rings is 1. The lowest BCUT2D eigenvalue weighted by molar-refractivity contribution is 0.0692. The topological polar surface area (TPSA) is 67.3 Å². The van der Waals surface area contributed by atoms with Crippen LogP contribution in [0.1, 0.15) is 25.6 Å². The first-order valence-electron chi connectivity index (χ1n) is 6.90. The van der Waals surface area contributed by atoms with Gasteiger partial charge < -0.3 is 5.11 Å². The van der Waals surface area contributed by atoms with Gasteiger partial charge in [-0.05, 0) is 36.1 Å². The Hall–Kier alpha value is -2.18. The molecule has 3 aromatic rings. The second-order valence-electron chi connectivity index (χ2n) is 4.93. The van der Waals surface area contributed by atoms with Crippen molar-refractivity contribution in [3.63, 3.8) is 0 Å². The standard InChI is InChI=1S/C17H13NO3S2/c1-10-11-5-2-3-7-14(11)23-15(10)13(19)9-22-16-12(17(20)21)6-4-8-18-16/h2-8H,9H2,1H3,(H,20,21). The maximum Gasteiger partial charge on any atom is 0.338 e. The van der Waals surface area contributed by atoms with Gasteiger partial charge in [-0.1, -0.05) is 30.0 Å². The first-order valence-corrected chi connectivity index (χ1v) is 8.70. The van der Waals surface area contributed by atoms with Gasteiger partial charge in [0.1, 0.15) is 5.03 Å². The Bertz CT molecular complexity index is 902. The summed E-state index contributed by atoms with van der Waals surface area (Å²) in [6, 6.07) is 11.0. The average Bonchev–Trinajstić information content (AvgIpc) is 2.90. The van der Waals surface area contributed by atoms with Crippen LogP contribution in [0.15, 0.2) is 47.6 Å². The van der Waals surface area contributed by atoms with Crippen molar-refractivity contribution in [3.05, 3.63) is 58.6 Å². The Labute approximate surface area is 141 Å². The molecule has 0 aliphatic heterocycles. The van der Waals surface area contributed by atoms with E-state index >= 15 is 0 Å². The molecule has 2 aromatic heterocycles. The van der Waals surface area contributed by atoms with Crippen LogP contribution in [0.2, 0.25) is 0 Å². The van der Waals surface area contributed by atoms with Gasteiger partial charge in [-0.2, -0.15) is 0 Å². The summed E-state index contributed by atoms with van der Waals surface area (Å²) in [5.41, 5.74) is 1.11. The SMILES string of the molecule is Cc1c(C(=O)CSc2ncccc2C(=O)O)sc2ccccc12. The number of carbonyl (C=O) groups excluding carboxylic acids is 1. The fraction of sp³-hybridized carbons (Fsp3) is 0.118. The van der Waals surface area contributed by atoms with E-state index in [0.29, 0.717) is 5.03 Å². The number of fused-ring (bicyclic) bond motifs is 1. The summed E-state index contributed by atoms with van der Waals surface area (Å²) in [5, 5.41) is 10.6. The number of thioether (sulfide) groups is 1. The van der Waals surface area contributed by atoms with Crippen molar-refractivity contribution < 1.29 is 14.7 Å². The molecule has 6 heteroatoms. The second-order valence-corrected chi connectivity index (χ2v) is 6.94. The van der Waals surface area contributed by atoms with Crippen molar-refractivity contribution in [3.8, 4) is 0 Å². The zero-order chi connectivity index (χ0) is 16.4. The van der Waals surface area contributed by atoms with Gasteiger partial charge in [-0.15, -0.1) is 11.3 Å². The lowest BCUT2D eigenvalue weighted by Crippen LogP contribution is -2.05. The van der Waals surface area contributed by atoms with Crippen LogP contribution in [0, 0.1) is 6.92 Å². The monoisotopic (exact) mass is 343 g/mol. The fourth-order valence-electron chi connectivity index (χ4n) is 2.31. The van der Waals surface area contributed by atoms with Crippen LogP contribution in [-0.4, -0.2) is 27.6 Å². The molecular weight excluding hydrogens is 330 g/mol. The van der Waals surface area contributed by atoms with Crippen molar-refractivity contribution >= 4 is 44.9 Å². The van der Waals surface area contributed by atoms with E-state index in [4.69, 9.17) is 5.11 Å². The minimum Gasteiger partial charge on any atom is -0.478 e. The van der Waals surface area contributed by atoms with Crippen molar-refractivity contribution in [2.24, 2.45) is 0 Å². The maximum atomic E-state index is 12.5. The van der Waals surface area contributed by atoms with E-state index in [-0.39, 0.29) is 17.1 Å². The molecule has 0 saturated carbocycles. The van der Waals surface area contributed by atoms with Crippen LogP contribution < -0.4 is 0 Å². The van der Waals surface area contributed by atoms with Crippen molar-refractivity contribution in [1.82, 2.24) is 4.98 Å². The first-order chi connectivity index (χ1) is 11.1. The van der Waals surface area contributed by atoms with Crippen LogP contribution in [0.5, 0.6) is 0 Å². The number of aromatic carboxylic acids is 1. The zero-order valence-electron chi connectivity index (χ0n) is 12.3. The van der Waals surface area contributed by atoms with Gasteiger partial charge in [-0.25, -0.2) is 9.78 Å². The van der Waals surface area contributed by atoms with Crippen LogP contribution in [0.3, 0.4) is 0 Å². The highest BCUT2D eigenvalue weighted by Gasteiger charge is 2.17. The minimum atomic E-state index is -1.04. The molecule has 0 amide bonds. The van der Waals surface area contributed by atoms with E-state index in [1.54, 1.807) is 6.07 Å². The highest BCUT2D eigenvalue weighted by atomic mass is 32.2. The van der Waals surface area contributed by atoms with Crippen molar-refractivity contribution in [2.75, 3.05) is 5.75 Å². The summed E-state index contributed by atoms with van der Waals surface area (Å²) in [7, 11) is 0. The molecule has 0 bridgehead atoms.